The zero-order valence-electron chi connectivity index (χ0n) is 13.7. The highest BCUT2D eigenvalue weighted by Crippen LogP contribution is 2.20. The van der Waals surface area contributed by atoms with Crippen LogP contribution >= 0.6 is 0 Å². The van der Waals surface area contributed by atoms with Crippen LogP contribution in [-0.2, 0) is 11.3 Å². The van der Waals surface area contributed by atoms with Gasteiger partial charge in [-0.3, -0.25) is 9.89 Å². The first-order chi connectivity index (χ1) is 11.6. The van der Waals surface area contributed by atoms with E-state index in [2.05, 4.69) is 15.5 Å². The first-order valence-electron chi connectivity index (χ1n) is 7.70. The Bertz CT molecular complexity index is 842. The van der Waals surface area contributed by atoms with Crippen molar-refractivity contribution in [2.45, 2.75) is 6.54 Å². The lowest BCUT2D eigenvalue weighted by molar-refractivity contribution is -0.118. The van der Waals surface area contributed by atoms with E-state index in [0.717, 1.165) is 23.0 Å². The fourth-order valence-electron chi connectivity index (χ4n) is 2.43. The minimum absolute atomic E-state index is 0.0613. The first-order valence-corrected chi connectivity index (χ1v) is 7.70. The second-order valence-electron chi connectivity index (χ2n) is 5.86. The van der Waals surface area contributed by atoms with Gasteiger partial charge in [-0.25, -0.2) is 0 Å². The number of aromatic amines is 1. The molecule has 2 aromatic carbocycles. The van der Waals surface area contributed by atoms with Gasteiger partial charge in [0.15, 0.2) is 12.4 Å². The summed E-state index contributed by atoms with van der Waals surface area (Å²) in [7, 11) is 3.94. The Kier molecular flexibility index (Phi) is 4.77. The predicted octanol–water partition coefficient (Wildman–Crippen LogP) is 2.64. The van der Waals surface area contributed by atoms with Crippen molar-refractivity contribution in [1.82, 2.24) is 15.1 Å². The molecule has 0 aliphatic heterocycles. The van der Waals surface area contributed by atoms with Crippen LogP contribution in [-0.4, -0.2) is 41.7 Å². The number of nitrogens with zero attached hydrogens (tertiary/aromatic N) is 2. The Balaban J connectivity index is 1.55. The van der Waals surface area contributed by atoms with Crippen LogP contribution in [0.1, 0.15) is 5.69 Å². The number of H-pyrrole nitrogens is 1. The molecule has 1 heterocycles. The maximum atomic E-state index is 12.0. The van der Waals surface area contributed by atoms with Crippen molar-refractivity contribution in [3.8, 4) is 5.75 Å². The maximum absolute atomic E-state index is 12.0. The zero-order valence-corrected chi connectivity index (χ0v) is 13.7. The second-order valence-corrected chi connectivity index (χ2v) is 5.86. The summed E-state index contributed by atoms with van der Waals surface area (Å²) >= 11 is 0. The van der Waals surface area contributed by atoms with E-state index in [1.54, 1.807) is 0 Å². The number of benzene rings is 2. The number of hydrogen-bond donors (Lipinski definition) is 2. The largest absolute Gasteiger partial charge is 0.484 e. The van der Waals surface area contributed by atoms with Crippen LogP contribution in [0.25, 0.3) is 10.8 Å². The van der Waals surface area contributed by atoms with Gasteiger partial charge in [-0.1, -0.05) is 30.3 Å². The molecule has 0 saturated carbocycles. The Labute approximate surface area is 140 Å². The van der Waals surface area contributed by atoms with Gasteiger partial charge in [0.1, 0.15) is 5.75 Å². The molecule has 1 aromatic heterocycles. The molecule has 6 nitrogen and oxygen atoms in total. The van der Waals surface area contributed by atoms with E-state index in [1.165, 1.54) is 0 Å². The summed E-state index contributed by atoms with van der Waals surface area (Å²) < 4.78 is 5.56. The highest BCUT2D eigenvalue weighted by molar-refractivity contribution is 5.91. The van der Waals surface area contributed by atoms with E-state index in [0.29, 0.717) is 11.6 Å². The summed E-state index contributed by atoms with van der Waals surface area (Å²) in [6.45, 7) is 0.671. The van der Waals surface area contributed by atoms with Crippen molar-refractivity contribution in [2.24, 2.45) is 0 Å². The van der Waals surface area contributed by atoms with Gasteiger partial charge in [0, 0.05) is 12.6 Å². The topological polar surface area (TPSA) is 70.2 Å². The molecule has 3 rings (SSSR count). The normalized spacial score (nSPS) is 11.0. The van der Waals surface area contributed by atoms with Crippen molar-refractivity contribution in [3.63, 3.8) is 0 Å². The number of rotatable bonds is 6. The lowest BCUT2D eigenvalue weighted by Crippen LogP contribution is -2.20. The van der Waals surface area contributed by atoms with E-state index in [-0.39, 0.29) is 12.5 Å². The molecule has 0 aliphatic rings. The number of aromatic nitrogens is 2. The van der Waals surface area contributed by atoms with Gasteiger partial charge in [-0.05, 0) is 37.0 Å². The van der Waals surface area contributed by atoms with Gasteiger partial charge < -0.3 is 15.0 Å². The molecular formula is C18H20N4O2. The fourth-order valence-corrected chi connectivity index (χ4v) is 2.43. The van der Waals surface area contributed by atoms with Crippen LogP contribution in [0.4, 0.5) is 5.82 Å². The number of carbonyl (C=O) groups is 1. The predicted molar refractivity (Wildman–Crippen MR) is 94.1 cm³/mol. The third-order valence-corrected chi connectivity index (χ3v) is 3.48. The smallest absolute Gasteiger partial charge is 0.263 e. The zero-order chi connectivity index (χ0) is 16.9. The van der Waals surface area contributed by atoms with Crippen LogP contribution in [0.15, 0.2) is 48.5 Å². The lowest BCUT2D eigenvalue weighted by atomic mass is 10.1. The number of amides is 1. The average molecular weight is 324 g/mol. The number of hydrogen-bond acceptors (Lipinski definition) is 4. The van der Waals surface area contributed by atoms with Gasteiger partial charge in [0.2, 0.25) is 0 Å². The molecular weight excluding hydrogens is 304 g/mol. The summed E-state index contributed by atoms with van der Waals surface area (Å²) in [6.07, 6.45) is 0. The summed E-state index contributed by atoms with van der Waals surface area (Å²) in [4.78, 5) is 14.0. The molecule has 3 aromatic rings. The highest BCUT2D eigenvalue weighted by atomic mass is 16.5. The van der Waals surface area contributed by atoms with E-state index >= 15 is 0 Å². The minimum Gasteiger partial charge on any atom is -0.484 e. The van der Waals surface area contributed by atoms with Gasteiger partial charge in [0.05, 0.1) is 5.69 Å². The van der Waals surface area contributed by atoms with E-state index < -0.39 is 0 Å². The maximum Gasteiger partial charge on any atom is 0.263 e. The van der Waals surface area contributed by atoms with Gasteiger partial charge in [-0.15, -0.1) is 0 Å². The lowest BCUT2D eigenvalue weighted by Gasteiger charge is -2.07. The molecule has 0 unspecified atom stereocenters. The number of fused-ring (bicyclic) bond motifs is 1. The molecule has 2 N–H and O–H groups in total. The van der Waals surface area contributed by atoms with Crippen molar-refractivity contribution in [1.29, 1.82) is 0 Å². The summed E-state index contributed by atoms with van der Waals surface area (Å²) in [5, 5.41) is 11.9. The Morgan fingerprint density at radius 2 is 1.96 bits per heavy atom. The van der Waals surface area contributed by atoms with Crippen LogP contribution in [0, 0.1) is 0 Å². The summed E-state index contributed by atoms with van der Waals surface area (Å²) in [5.41, 5.74) is 0.936. The molecule has 0 bridgehead atoms. The molecule has 0 atom stereocenters. The number of nitrogens with one attached hydrogen (secondary N) is 2. The number of carbonyl (C=O) groups excluding carboxylic acids is 1. The minimum atomic E-state index is -0.244. The van der Waals surface area contributed by atoms with Crippen molar-refractivity contribution < 1.29 is 9.53 Å². The molecule has 24 heavy (non-hydrogen) atoms. The van der Waals surface area contributed by atoms with Crippen LogP contribution in [0.2, 0.25) is 0 Å². The molecule has 124 valence electrons. The standard InChI is InChI=1S/C18H20N4O2/c1-22(2)11-15-10-17(21-20-15)19-18(23)12-24-16-8-7-13-5-3-4-6-14(13)9-16/h3-10H,11-12H2,1-2H3,(H2,19,20,21,23). The Hall–Kier alpha value is -2.86. The van der Waals surface area contributed by atoms with Gasteiger partial charge in [-0.2, -0.15) is 5.10 Å². The van der Waals surface area contributed by atoms with E-state index in [1.807, 2.05) is 67.5 Å². The molecule has 0 aliphatic carbocycles. The molecule has 0 radical (unpaired) electrons. The molecule has 0 spiro atoms. The summed E-state index contributed by atoms with van der Waals surface area (Å²) in [5.74, 6) is 0.921. The monoisotopic (exact) mass is 324 g/mol. The van der Waals surface area contributed by atoms with Crippen molar-refractivity contribution in [2.75, 3.05) is 26.0 Å². The van der Waals surface area contributed by atoms with Gasteiger partial charge in [0.25, 0.3) is 5.91 Å². The number of ether oxygens (including phenoxy) is 1. The molecule has 1 amide bonds. The van der Waals surface area contributed by atoms with Crippen molar-refractivity contribution in [3.05, 3.63) is 54.2 Å². The summed E-state index contributed by atoms with van der Waals surface area (Å²) in [6, 6.07) is 15.6. The van der Waals surface area contributed by atoms with Crippen LogP contribution < -0.4 is 10.1 Å². The number of anilines is 1. The van der Waals surface area contributed by atoms with Crippen LogP contribution in [0.5, 0.6) is 5.75 Å². The average Bonchev–Trinajstić information content (AvgIpc) is 2.99. The third-order valence-electron chi connectivity index (χ3n) is 3.48. The van der Waals surface area contributed by atoms with E-state index in [9.17, 15) is 4.79 Å². The van der Waals surface area contributed by atoms with Crippen LogP contribution in [0.3, 0.4) is 0 Å². The van der Waals surface area contributed by atoms with Crippen molar-refractivity contribution >= 4 is 22.5 Å². The highest BCUT2D eigenvalue weighted by Gasteiger charge is 2.08. The SMILES string of the molecule is CN(C)Cc1cc(NC(=O)COc2ccc3ccccc3c2)n[nH]1. The van der Waals surface area contributed by atoms with Gasteiger partial charge >= 0.3 is 0 Å². The second kappa shape index (κ2) is 7.14. The Morgan fingerprint density at radius 3 is 2.75 bits per heavy atom. The molecule has 6 heteroatoms. The quantitative estimate of drug-likeness (QED) is 0.731. The first kappa shape index (κ1) is 16.0. The fraction of sp³-hybridized carbons (Fsp3) is 0.222. The molecule has 0 saturated heterocycles. The Morgan fingerprint density at radius 1 is 1.17 bits per heavy atom. The third kappa shape index (κ3) is 4.11. The molecule has 0 fully saturated rings. The van der Waals surface area contributed by atoms with E-state index in [4.69, 9.17) is 4.74 Å².